The van der Waals surface area contributed by atoms with Gasteiger partial charge in [-0.05, 0) is 23.6 Å². The molecule has 0 saturated heterocycles. The zero-order chi connectivity index (χ0) is 16.4. The van der Waals surface area contributed by atoms with Gasteiger partial charge >= 0.3 is 0 Å². The number of hydrogen-bond acceptors (Lipinski definition) is 3. The molecular weight excluding hydrogens is 320 g/mol. The van der Waals surface area contributed by atoms with E-state index in [1.165, 1.54) is 13.8 Å². The smallest absolute Gasteiger partial charge is 0.172 e. The first-order valence-corrected chi connectivity index (χ1v) is 9.07. The number of aliphatic hydroxyl groups excluding tert-OH is 1. The van der Waals surface area contributed by atoms with Crippen LogP contribution in [0.25, 0.3) is 11.1 Å². The molecule has 0 aliphatic carbocycles. The minimum Gasteiger partial charge on any atom is -0.385 e. The fraction of sp³-hybridized carbons (Fsp3) is 0.294. The summed E-state index contributed by atoms with van der Waals surface area (Å²) in [5, 5.41) is 10.4. The van der Waals surface area contributed by atoms with Crippen LogP contribution in [0.1, 0.15) is 25.5 Å². The molecule has 0 bridgehead atoms. The quantitative estimate of drug-likeness (QED) is 0.844. The van der Waals surface area contributed by atoms with E-state index in [1.54, 1.807) is 12.1 Å². The van der Waals surface area contributed by atoms with Crippen LogP contribution in [-0.4, -0.2) is 23.5 Å². The molecule has 3 nitrogen and oxygen atoms in total. The third-order valence-electron chi connectivity index (χ3n) is 3.81. The van der Waals surface area contributed by atoms with Gasteiger partial charge in [0, 0.05) is 5.75 Å². The molecule has 0 heterocycles. The molecule has 2 aromatic rings. The third kappa shape index (κ3) is 3.19. The molecule has 0 aromatic heterocycles. The molecule has 118 valence electrons. The van der Waals surface area contributed by atoms with Crippen molar-refractivity contribution < 1.29 is 13.5 Å². The van der Waals surface area contributed by atoms with Crippen LogP contribution in [-0.2, 0) is 9.84 Å². The van der Waals surface area contributed by atoms with Crippen molar-refractivity contribution in [3.8, 4) is 11.1 Å². The normalized spacial score (nSPS) is 16.0. The van der Waals surface area contributed by atoms with Gasteiger partial charge in [-0.2, -0.15) is 0 Å². The Balaban J connectivity index is 2.31. The number of sulfone groups is 1. The van der Waals surface area contributed by atoms with Crippen molar-refractivity contribution in [2.75, 3.05) is 5.75 Å². The van der Waals surface area contributed by atoms with Crippen LogP contribution in [0.2, 0.25) is 0 Å². The van der Waals surface area contributed by atoms with Crippen molar-refractivity contribution in [3.63, 3.8) is 0 Å². The van der Waals surface area contributed by atoms with E-state index in [0.717, 1.165) is 11.1 Å². The van der Waals surface area contributed by atoms with E-state index in [4.69, 9.17) is 11.6 Å². The van der Waals surface area contributed by atoms with Crippen molar-refractivity contribution >= 4 is 21.4 Å². The zero-order valence-electron chi connectivity index (χ0n) is 12.5. The predicted molar refractivity (Wildman–Crippen MR) is 90.6 cm³/mol. The lowest BCUT2D eigenvalue weighted by atomic mass is 10.0. The molecule has 0 saturated carbocycles. The Kier molecular flexibility index (Phi) is 4.95. The number of aliphatic hydroxyl groups is 1. The minimum atomic E-state index is -3.59. The van der Waals surface area contributed by atoms with Gasteiger partial charge in [0.1, 0.15) is 6.10 Å². The van der Waals surface area contributed by atoms with Crippen molar-refractivity contribution in [1.82, 2.24) is 0 Å². The first-order valence-electron chi connectivity index (χ1n) is 7.04. The van der Waals surface area contributed by atoms with E-state index in [1.807, 2.05) is 42.5 Å². The van der Waals surface area contributed by atoms with E-state index >= 15 is 0 Å². The van der Waals surface area contributed by atoms with Gasteiger partial charge in [-0.25, -0.2) is 8.42 Å². The van der Waals surface area contributed by atoms with Crippen molar-refractivity contribution in [1.29, 1.82) is 0 Å². The molecule has 0 aliphatic rings. The van der Waals surface area contributed by atoms with Crippen molar-refractivity contribution in [3.05, 3.63) is 60.2 Å². The van der Waals surface area contributed by atoms with Crippen LogP contribution in [0.3, 0.4) is 0 Å². The van der Waals surface area contributed by atoms with Crippen LogP contribution in [0.5, 0.6) is 0 Å². The summed E-state index contributed by atoms with van der Waals surface area (Å²) in [4.78, 5) is 0. The molecule has 0 radical (unpaired) electrons. The molecule has 2 rings (SSSR count). The summed E-state index contributed by atoms with van der Waals surface area (Å²) >= 11 is 6.13. The second kappa shape index (κ2) is 6.41. The van der Waals surface area contributed by atoms with E-state index in [2.05, 4.69) is 0 Å². The van der Waals surface area contributed by atoms with Gasteiger partial charge < -0.3 is 5.11 Å². The highest BCUT2D eigenvalue weighted by molar-refractivity contribution is 7.94. The number of hydrogen-bond donors (Lipinski definition) is 1. The van der Waals surface area contributed by atoms with Crippen LogP contribution < -0.4 is 0 Å². The van der Waals surface area contributed by atoms with Gasteiger partial charge in [0.25, 0.3) is 0 Å². The largest absolute Gasteiger partial charge is 0.385 e. The lowest BCUT2D eigenvalue weighted by Gasteiger charge is -2.27. The second-order valence-electron chi connectivity index (χ2n) is 5.28. The first-order chi connectivity index (χ1) is 10.3. The molecule has 2 aromatic carbocycles. The van der Waals surface area contributed by atoms with Crippen molar-refractivity contribution in [2.24, 2.45) is 0 Å². The van der Waals surface area contributed by atoms with E-state index in [9.17, 15) is 13.5 Å². The number of benzene rings is 2. The topological polar surface area (TPSA) is 54.4 Å². The molecule has 2 atom stereocenters. The molecule has 22 heavy (non-hydrogen) atoms. The van der Waals surface area contributed by atoms with Crippen LogP contribution in [0.15, 0.2) is 54.6 Å². The lowest BCUT2D eigenvalue weighted by Crippen LogP contribution is -2.37. The maximum Gasteiger partial charge on any atom is 0.172 e. The summed E-state index contributed by atoms with van der Waals surface area (Å²) in [6.07, 6.45) is -1.29. The van der Waals surface area contributed by atoms with Gasteiger partial charge in [0.05, 0.1) is 0 Å². The van der Waals surface area contributed by atoms with Crippen LogP contribution in [0.4, 0.5) is 0 Å². The molecular formula is C17H19ClO3S. The second-order valence-corrected chi connectivity index (χ2v) is 8.94. The minimum absolute atomic E-state index is 0.119. The zero-order valence-corrected chi connectivity index (χ0v) is 14.1. The molecule has 0 aliphatic heterocycles. The van der Waals surface area contributed by atoms with Gasteiger partial charge in [-0.15, -0.1) is 0 Å². The predicted octanol–water partition coefficient (Wildman–Crippen LogP) is 3.78. The van der Waals surface area contributed by atoms with Gasteiger partial charge in [0.2, 0.25) is 0 Å². The number of alkyl halides is 1. The monoisotopic (exact) mass is 338 g/mol. The highest BCUT2D eigenvalue weighted by atomic mass is 35.5. The lowest BCUT2D eigenvalue weighted by molar-refractivity contribution is 0.162. The maximum absolute atomic E-state index is 12.0. The Morgan fingerprint density at radius 2 is 1.55 bits per heavy atom. The number of halogens is 1. The summed E-state index contributed by atoms with van der Waals surface area (Å²) in [6, 6.07) is 16.9. The summed E-state index contributed by atoms with van der Waals surface area (Å²) < 4.78 is 22.3. The Morgan fingerprint density at radius 3 is 2.05 bits per heavy atom. The Labute approximate surface area is 136 Å². The maximum atomic E-state index is 12.0. The van der Waals surface area contributed by atoms with Crippen LogP contribution in [0, 0.1) is 0 Å². The van der Waals surface area contributed by atoms with E-state index in [0.29, 0.717) is 5.56 Å². The summed E-state index contributed by atoms with van der Waals surface area (Å²) in [5.41, 5.74) is 2.53. The molecule has 0 spiro atoms. The Morgan fingerprint density at radius 1 is 1.05 bits per heavy atom. The summed E-state index contributed by atoms with van der Waals surface area (Å²) in [5.74, 6) is -0.119. The highest BCUT2D eigenvalue weighted by Gasteiger charge is 2.43. The Hall–Kier alpha value is -1.36. The van der Waals surface area contributed by atoms with Gasteiger partial charge in [-0.3, -0.25) is 0 Å². The average Bonchev–Trinajstić information content (AvgIpc) is 2.55. The van der Waals surface area contributed by atoms with Gasteiger partial charge in [0.15, 0.2) is 14.0 Å². The molecule has 2 unspecified atom stereocenters. The summed E-state index contributed by atoms with van der Waals surface area (Å²) in [6.45, 7) is 2.85. The standard InChI is InChI=1S/C17H19ClO3S/c1-3-22(20,21)17(2,18)16(19)15-11-9-14(10-12-15)13-7-5-4-6-8-13/h4-12,16,19H,3H2,1-2H3. The highest BCUT2D eigenvalue weighted by Crippen LogP contribution is 2.37. The average molecular weight is 339 g/mol. The first kappa shape index (κ1) is 17.0. The Bertz CT molecular complexity index is 722. The molecule has 0 fully saturated rings. The van der Waals surface area contributed by atoms with E-state index < -0.39 is 20.1 Å². The van der Waals surface area contributed by atoms with E-state index in [-0.39, 0.29) is 5.75 Å². The van der Waals surface area contributed by atoms with Crippen molar-refractivity contribution in [2.45, 2.75) is 24.2 Å². The fourth-order valence-electron chi connectivity index (χ4n) is 2.24. The summed E-state index contributed by atoms with van der Waals surface area (Å²) in [7, 11) is -3.59. The molecule has 5 heteroatoms. The molecule has 0 amide bonds. The van der Waals surface area contributed by atoms with Crippen LogP contribution >= 0.6 is 11.6 Å². The SMILES string of the molecule is CCS(=O)(=O)C(C)(Cl)C(O)c1ccc(-c2ccccc2)cc1. The number of rotatable bonds is 5. The van der Waals surface area contributed by atoms with Gasteiger partial charge in [-0.1, -0.05) is 73.1 Å². The fourth-order valence-corrected chi connectivity index (χ4v) is 3.73. The third-order valence-corrected chi connectivity index (χ3v) is 6.92. The molecule has 1 N–H and O–H groups in total.